The number of carboxylic acids is 1. The van der Waals surface area contributed by atoms with Gasteiger partial charge in [-0.2, -0.15) is 0 Å². The normalized spacial score (nSPS) is 12.0. The third-order valence-corrected chi connectivity index (χ3v) is 4.00. The number of nitrogens with one attached hydrogen (secondary N) is 1. The van der Waals surface area contributed by atoms with Gasteiger partial charge in [-0.3, -0.25) is 0 Å². The molecule has 1 atom stereocenters. The summed E-state index contributed by atoms with van der Waals surface area (Å²) in [4.78, 5) is 23.5. The SMILES string of the molecule is COc1ccc(CC(NC(=O)OC(C)(C)C)C(=O)O)cc1OCc1ccccc1F. The Morgan fingerprint density at radius 2 is 1.83 bits per heavy atom. The molecule has 2 N–H and O–H groups in total. The number of rotatable bonds is 8. The third-order valence-electron chi connectivity index (χ3n) is 4.00. The van der Waals surface area contributed by atoms with Crippen LogP contribution in [-0.4, -0.2) is 35.9 Å². The zero-order valence-corrected chi connectivity index (χ0v) is 17.4. The Morgan fingerprint density at radius 3 is 2.43 bits per heavy atom. The van der Waals surface area contributed by atoms with Gasteiger partial charge in [0, 0.05) is 12.0 Å². The molecule has 2 rings (SSSR count). The summed E-state index contributed by atoms with van der Waals surface area (Å²) in [6, 6.07) is 9.93. The number of carbonyl (C=O) groups excluding carboxylic acids is 1. The summed E-state index contributed by atoms with van der Waals surface area (Å²) in [6.45, 7) is 5.03. The van der Waals surface area contributed by atoms with Gasteiger partial charge >= 0.3 is 12.1 Å². The first-order valence-electron chi connectivity index (χ1n) is 9.34. The zero-order chi connectivity index (χ0) is 22.3. The van der Waals surface area contributed by atoms with E-state index < -0.39 is 23.7 Å². The average Bonchev–Trinajstić information content (AvgIpc) is 2.65. The molecule has 2 aromatic rings. The van der Waals surface area contributed by atoms with Crippen LogP contribution >= 0.6 is 0 Å². The van der Waals surface area contributed by atoms with Gasteiger partial charge in [0.25, 0.3) is 0 Å². The smallest absolute Gasteiger partial charge is 0.408 e. The standard InChI is InChI=1S/C22H26FNO6/c1-22(2,3)30-21(27)24-17(20(25)26)11-14-9-10-18(28-4)19(12-14)29-13-15-7-5-6-8-16(15)23/h5-10,12,17H,11,13H2,1-4H3,(H,24,27)(H,25,26). The molecule has 0 saturated heterocycles. The predicted octanol–water partition coefficient (Wildman–Crippen LogP) is 3.93. The van der Waals surface area contributed by atoms with Crippen LogP contribution in [0.15, 0.2) is 42.5 Å². The maximum Gasteiger partial charge on any atom is 0.408 e. The van der Waals surface area contributed by atoms with E-state index in [1.807, 2.05) is 0 Å². The lowest BCUT2D eigenvalue weighted by Crippen LogP contribution is -2.44. The van der Waals surface area contributed by atoms with E-state index >= 15 is 0 Å². The van der Waals surface area contributed by atoms with Crippen molar-refractivity contribution in [1.29, 1.82) is 0 Å². The second kappa shape index (κ2) is 9.96. The minimum absolute atomic E-state index is 0.00533. The molecule has 0 aliphatic heterocycles. The maximum atomic E-state index is 13.8. The van der Waals surface area contributed by atoms with Crippen molar-refractivity contribution in [3.8, 4) is 11.5 Å². The highest BCUT2D eigenvalue weighted by molar-refractivity contribution is 5.80. The Balaban J connectivity index is 2.14. The monoisotopic (exact) mass is 419 g/mol. The number of alkyl carbamates (subject to hydrolysis) is 1. The summed E-state index contributed by atoms with van der Waals surface area (Å²) in [5.74, 6) is -0.840. The number of amides is 1. The molecule has 0 bridgehead atoms. The van der Waals surface area contributed by atoms with Crippen molar-refractivity contribution >= 4 is 12.1 Å². The first-order chi connectivity index (χ1) is 14.1. The first kappa shape index (κ1) is 23.0. The Labute approximate surface area is 174 Å². The van der Waals surface area contributed by atoms with Crippen LogP contribution in [0.1, 0.15) is 31.9 Å². The van der Waals surface area contributed by atoms with Gasteiger partial charge in [-0.1, -0.05) is 24.3 Å². The Hall–Kier alpha value is -3.29. The van der Waals surface area contributed by atoms with Crippen molar-refractivity contribution < 1.29 is 33.3 Å². The predicted molar refractivity (Wildman–Crippen MR) is 108 cm³/mol. The third kappa shape index (κ3) is 6.95. The van der Waals surface area contributed by atoms with Crippen LogP contribution in [0.4, 0.5) is 9.18 Å². The number of hydrogen-bond donors (Lipinski definition) is 2. The minimum atomic E-state index is -1.20. The topological polar surface area (TPSA) is 94.1 Å². The van der Waals surface area contributed by atoms with Crippen LogP contribution in [0, 0.1) is 5.82 Å². The highest BCUT2D eigenvalue weighted by Crippen LogP contribution is 2.29. The van der Waals surface area contributed by atoms with E-state index in [-0.39, 0.29) is 18.8 Å². The fourth-order valence-electron chi connectivity index (χ4n) is 2.62. The lowest BCUT2D eigenvalue weighted by atomic mass is 10.1. The molecule has 7 nitrogen and oxygen atoms in total. The number of benzene rings is 2. The van der Waals surface area contributed by atoms with E-state index in [0.29, 0.717) is 22.6 Å². The van der Waals surface area contributed by atoms with Gasteiger partial charge in [0.15, 0.2) is 11.5 Å². The van der Waals surface area contributed by atoms with E-state index in [9.17, 15) is 19.1 Å². The molecule has 0 radical (unpaired) electrons. The number of halogens is 1. The highest BCUT2D eigenvalue weighted by atomic mass is 19.1. The van der Waals surface area contributed by atoms with E-state index in [4.69, 9.17) is 14.2 Å². The van der Waals surface area contributed by atoms with Crippen molar-refractivity contribution in [2.75, 3.05) is 7.11 Å². The number of hydrogen-bond acceptors (Lipinski definition) is 5. The van der Waals surface area contributed by atoms with Crippen LogP contribution in [0.25, 0.3) is 0 Å². The van der Waals surface area contributed by atoms with Crippen LogP contribution in [0.5, 0.6) is 11.5 Å². The van der Waals surface area contributed by atoms with Crippen molar-refractivity contribution in [2.45, 2.75) is 45.4 Å². The number of ether oxygens (including phenoxy) is 3. The van der Waals surface area contributed by atoms with Gasteiger partial charge in [0.2, 0.25) is 0 Å². The van der Waals surface area contributed by atoms with Gasteiger partial charge in [-0.15, -0.1) is 0 Å². The summed E-state index contributed by atoms with van der Waals surface area (Å²) >= 11 is 0. The van der Waals surface area contributed by atoms with Gasteiger partial charge in [-0.05, 0) is 44.5 Å². The Morgan fingerprint density at radius 1 is 1.13 bits per heavy atom. The Kier molecular flexibility index (Phi) is 7.63. The molecule has 0 aliphatic carbocycles. The molecule has 2 aromatic carbocycles. The summed E-state index contributed by atoms with van der Waals surface area (Å²) in [5.41, 5.74) is 0.212. The molecule has 0 fully saturated rings. The number of carbonyl (C=O) groups is 2. The fraction of sp³-hybridized carbons (Fsp3) is 0.364. The van der Waals surface area contributed by atoms with Crippen LogP contribution in [-0.2, 0) is 22.6 Å². The van der Waals surface area contributed by atoms with E-state index in [0.717, 1.165) is 0 Å². The fourth-order valence-corrected chi connectivity index (χ4v) is 2.62. The summed E-state index contributed by atoms with van der Waals surface area (Å²) < 4.78 is 29.9. The number of aliphatic carboxylic acids is 1. The minimum Gasteiger partial charge on any atom is -0.493 e. The molecule has 8 heteroatoms. The van der Waals surface area contributed by atoms with Gasteiger partial charge in [-0.25, -0.2) is 14.0 Å². The van der Waals surface area contributed by atoms with Crippen molar-refractivity contribution in [1.82, 2.24) is 5.32 Å². The lowest BCUT2D eigenvalue weighted by molar-refractivity contribution is -0.139. The zero-order valence-electron chi connectivity index (χ0n) is 17.4. The van der Waals surface area contributed by atoms with Gasteiger partial charge < -0.3 is 24.6 Å². The molecule has 30 heavy (non-hydrogen) atoms. The molecular formula is C22H26FNO6. The summed E-state index contributed by atoms with van der Waals surface area (Å²) in [5, 5.41) is 11.8. The quantitative estimate of drug-likeness (QED) is 0.673. The number of carboxylic acid groups (broad SMARTS) is 1. The van der Waals surface area contributed by atoms with Crippen LogP contribution in [0.2, 0.25) is 0 Å². The number of methoxy groups -OCH3 is 1. The molecule has 162 valence electrons. The Bertz CT molecular complexity index is 893. The van der Waals surface area contributed by atoms with E-state index in [1.165, 1.54) is 13.2 Å². The summed E-state index contributed by atoms with van der Waals surface area (Å²) in [6.07, 6.45) is -0.825. The average molecular weight is 419 g/mol. The molecule has 0 saturated carbocycles. The summed E-state index contributed by atoms with van der Waals surface area (Å²) in [7, 11) is 1.47. The molecular weight excluding hydrogens is 393 g/mol. The van der Waals surface area contributed by atoms with Crippen LogP contribution < -0.4 is 14.8 Å². The second-order valence-electron chi connectivity index (χ2n) is 7.61. The van der Waals surface area contributed by atoms with Gasteiger partial charge in [0.05, 0.1) is 7.11 Å². The molecule has 0 heterocycles. The van der Waals surface area contributed by atoms with Crippen molar-refractivity contribution in [3.63, 3.8) is 0 Å². The molecule has 1 amide bonds. The molecule has 0 spiro atoms. The van der Waals surface area contributed by atoms with E-state index in [1.54, 1.807) is 57.2 Å². The van der Waals surface area contributed by atoms with Crippen LogP contribution in [0.3, 0.4) is 0 Å². The van der Waals surface area contributed by atoms with E-state index in [2.05, 4.69) is 5.32 Å². The highest BCUT2D eigenvalue weighted by Gasteiger charge is 2.24. The lowest BCUT2D eigenvalue weighted by Gasteiger charge is -2.22. The second-order valence-corrected chi connectivity index (χ2v) is 7.61. The van der Waals surface area contributed by atoms with Crippen molar-refractivity contribution in [2.24, 2.45) is 0 Å². The molecule has 1 unspecified atom stereocenters. The van der Waals surface area contributed by atoms with Crippen molar-refractivity contribution in [3.05, 3.63) is 59.4 Å². The first-order valence-corrected chi connectivity index (χ1v) is 9.34. The molecule has 0 aliphatic rings. The molecule has 0 aromatic heterocycles. The largest absolute Gasteiger partial charge is 0.493 e. The maximum absolute atomic E-state index is 13.8. The van der Waals surface area contributed by atoms with Gasteiger partial charge in [0.1, 0.15) is 24.1 Å².